The molecule has 1 fully saturated rings. The lowest BCUT2D eigenvalue weighted by molar-refractivity contribution is -0.121. The number of fused-ring (bicyclic) bond motifs is 1. The van der Waals surface area contributed by atoms with Crippen LogP contribution in [0.1, 0.15) is 12.1 Å². The maximum atomic E-state index is 11.9. The van der Waals surface area contributed by atoms with Crippen LogP contribution in [0.2, 0.25) is 0 Å². The largest absolute Gasteiger partial charge is 0.350 e. The maximum absolute atomic E-state index is 11.9. The molecule has 22 heavy (non-hydrogen) atoms. The van der Waals surface area contributed by atoms with Crippen LogP contribution < -0.4 is 5.32 Å². The van der Waals surface area contributed by atoms with E-state index in [0.717, 1.165) is 28.8 Å². The van der Waals surface area contributed by atoms with Gasteiger partial charge in [0.15, 0.2) is 0 Å². The van der Waals surface area contributed by atoms with E-state index in [1.54, 1.807) is 11.1 Å². The quantitative estimate of drug-likeness (QED) is 0.920. The Morgan fingerprint density at radius 3 is 3.00 bits per heavy atom. The van der Waals surface area contributed by atoms with Crippen LogP contribution in [0.15, 0.2) is 36.5 Å². The molecule has 2 heterocycles. The number of rotatable bonds is 5. The van der Waals surface area contributed by atoms with E-state index in [1.807, 2.05) is 30.3 Å². The molecule has 1 aromatic heterocycles. The van der Waals surface area contributed by atoms with Crippen molar-refractivity contribution in [2.24, 2.45) is 0 Å². The van der Waals surface area contributed by atoms with Crippen LogP contribution in [0.3, 0.4) is 0 Å². The molecule has 0 atom stereocenters. The van der Waals surface area contributed by atoms with E-state index in [0.29, 0.717) is 19.5 Å². The monoisotopic (exact) mass is 315 g/mol. The van der Waals surface area contributed by atoms with Gasteiger partial charge in [0, 0.05) is 36.8 Å². The summed E-state index contributed by atoms with van der Waals surface area (Å²) in [6, 6.07) is 9.93. The van der Waals surface area contributed by atoms with Gasteiger partial charge in [-0.1, -0.05) is 36.0 Å². The van der Waals surface area contributed by atoms with Crippen LogP contribution in [0, 0.1) is 0 Å². The van der Waals surface area contributed by atoms with Crippen molar-refractivity contribution >= 4 is 33.7 Å². The molecule has 1 saturated heterocycles. The molecule has 0 radical (unpaired) electrons. The van der Waals surface area contributed by atoms with Gasteiger partial charge in [-0.2, -0.15) is 0 Å². The van der Waals surface area contributed by atoms with Gasteiger partial charge in [-0.15, -0.1) is 0 Å². The smallest absolute Gasteiger partial charge is 0.281 e. The first kappa shape index (κ1) is 14.8. The molecule has 1 aliphatic heterocycles. The number of aromatic nitrogens is 1. The van der Waals surface area contributed by atoms with Crippen LogP contribution in [-0.4, -0.2) is 39.9 Å². The molecule has 0 unspecified atom stereocenters. The first-order chi connectivity index (χ1) is 10.7. The molecule has 1 N–H and O–H groups in total. The molecular weight excluding hydrogens is 298 g/mol. The molecule has 114 valence electrons. The van der Waals surface area contributed by atoms with E-state index in [-0.39, 0.29) is 11.1 Å². The minimum absolute atomic E-state index is 0.0561. The third kappa shape index (κ3) is 3.39. The van der Waals surface area contributed by atoms with E-state index in [4.69, 9.17) is 0 Å². The van der Waals surface area contributed by atoms with Crippen LogP contribution in [0.25, 0.3) is 10.8 Å². The minimum atomic E-state index is -0.0561. The van der Waals surface area contributed by atoms with Gasteiger partial charge >= 0.3 is 0 Å². The lowest BCUT2D eigenvalue weighted by Gasteiger charge is -2.14. The van der Waals surface area contributed by atoms with E-state index in [9.17, 15) is 9.59 Å². The number of amides is 2. The van der Waals surface area contributed by atoms with Crippen molar-refractivity contribution in [2.75, 3.05) is 18.8 Å². The van der Waals surface area contributed by atoms with E-state index in [2.05, 4.69) is 10.3 Å². The molecule has 5 nitrogen and oxygen atoms in total. The minimum Gasteiger partial charge on any atom is -0.350 e. The fourth-order valence-electron chi connectivity index (χ4n) is 2.46. The number of thioether (sulfide) groups is 1. The summed E-state index contributed by atoms with van der Waals surface area (Å²) in [5.41, 5.74) is 0.860. The molecule has 1 aromatic carbocycles. The first-order valence-electron chi connectivity index (χ1n) is 7.25. The van der Waals surface area contributed by atoms with Gasteiger partial charge in [-0.25, -0.2) is 0 Å². The third-order valence-corrected chi connectivity index (χ3v) is 4.55. The Balaban J connectivity index is 1.55. The van der Waals surface area contributed by atoms with Gasteiger partial charge in [0.1, 0.15) is 0 Å². The molecule has 0 bridgehead atoms. The zero-order valence-electron chi connectivity index (χ0n) is 12.1. The molecule has 2 amide bonds. The molecular formula is C16H17N3O2S. The highest BCUT2D eigenvalue weighted by Crippen LogP contribution is 2.17. The summed E-state index contributed by atoms with van der Waals surface area (Å²) in [4.78, 5) is 29.5. The number of carbonyl (C=O) groups excluding carboxylic acids is 2. The SMILES string of the molecule is O=C(CCN1CCSC1=O)NCc1nccc2ccccc12. The third-order valence-electron chi connectivity index (χ3n) is 3.66. The Hall–Kier alpha value is -2.08. The van der Waals surface area contributed by atoms with Gasteiger partial charge in [0.25, 0.3) is 5.24 Å². The topological polar surface area (TPSA) is 62.3 Å². The number of nitrogens with one attached hydrogen (secondary N) is 1. The zero-order chi connectivity index (χ0) is 15.4. The molecule has 6 heteroatoms. The van der Waals surface area contributed by atoms with Crippen molar-refractivity contribution in [3.05, 3.63) is 42.2 Å². The zero-order valence-corrected chi connectivity index (χ0v) is 12.9. The molecule has 1 aliphatic rings. The number of hydrogen-bond acceptors (Lipinski definition) is 4. The second-order valence-electron chi connectivity index (χ2n) is 5.11. The average molecular weight is 315 g/mol. The first-order valence-corrected chi connectivity index (χ1v) is 8.23. The van der Waals surface area contributed by atoms with Gasteiger partial charge in [-0.05, 0) is 11.5 Å². The standard InChI is InChI=1S/C16H17N3O2S/c20-15(6-8-19-9-10-22-16(19)21)18-11-14-13-4-2-1-3-12(13)5-7-17-14/h1-5,7H,6,8-11H2,(H,18,20). The molecule has 0 spiro atoms. The van der Waals surface area contributed by atoms with Gasteiger partial charge in [-0.3, -0.25) is 14.6 Å². The Morgan fingerprint density at radius 2 is 2.18 bits per heavy atom. The van der Waals surface area contributed by atoms with Crippen LogP contribution in [0.4, 0.5) is 4.79 Å². The van der Waals surface area contributed by atoms with E-state index >= 15 is 0 Å². The highest BCUT2D eigenvalue weighted by Gasteiger charge is 2.21. The van der Waals surface area contributed by atoms with Crippen LogP contribution >= 0.6 is 11.8 Å². The summed E-state index contributed by atoms with van der Waals surface area (Å²) in [5, 5.41) is 5.12. The summed E-state index contributed by atoms with van der Waals surface area (Å²) in [6.07, 6.45) is 2.08. The van der Waals surface area contributed by atoms with Crippen molar-refractivity contribution in [3.63, 3.8) is 0 Å². The predicted molar refractivity (Wildman–Crippen MR) is 87.6 cm³/mol. The van der Waals surface area contributed by atoms with Crippen LogP contribution in [0.5, 0.6) is 0 Å². The second-order valence-corrected chi connectivity index (χ2v) is 6.15. The van der Waals surface area contributed by atoms with Gasteiger partial charge < -0.3 is 10.2 Å². The summed E-state index contributed by atoms with van der Waals surface area (Å²) < 4.78 is 0. The Kier molecular flexibility index (Phi) is 4.58. The highest BCUT2D eigenvalue weighted by molar-refractivity contribution is 8.13. The van der Waals surface area contributed by atoms with E-state index < -0.39 is 0 Å². The lowest BCUT2D eigenvalue weighted by Crippen LogP contribution is -2.30. The summed E-state index contributed by atoms with van der Waals surface area (Å²) >= 11 is 1.31. The molecule has 0 saturated carbocycles. The van der Waals surface area contributed by atoms with Crippen molar-refractivity contribution < 1.29 is 9.59 Å². The number of carbonyl (C=O) groups is 2. The molecule has 2 aromatic rings. The summed E-state index contributed by atoms with van der Waals surface area (Å²) in [7, 11) is 0. The predicted octanol–water partition coefficient (Wildman–Crippen LogP) is 2.41. The van der Waals surface area contributed by atoms with Gasteiger partial charge in [0.2, 0.25) is 5.91 Å². The number of benzene rings is 1. The van der Waals surface area contributed by atoms with E-state index in [1.165, 1.54) is 11.8 Å². The summed E-state index contributed by atoms with van der Waals surface area (Å²) in [5.74, 6) is 0.764. The Labute approximate surface area is 133 Å². The summed E-state index contributed by atoms with van der Waals surface area (Å²) in [6.45, 7) is 1.63. The Morgan fingerprint density at radius 1 is 1.32 bits per heavy atom. The van der Waals surface area contributed by atoms with Crippen molar-refractivity contribution in [3.8, 4) is 0 Å². The Bertz CT molecular complexity index is 699. The number of hydrogen-bond donors (Lipinski definition) is 1. The second kappa shape index (κ2) is 6.79. The van der Waals surface area contributed by atoms with Gasteiger partial charge in [0.05, 0.1) is 12.2 Å². The number of pyridine rings is 1. The van der Waals surface area contributed by atoms with Crippen molar-refractivity contribution in [1.82, 2.24) is 15.2 Å². The molecule has 0 aliphatic carbocycles. The average Bonchev–Trinajstić information content (AvgIpc) is 2.96. The maximum Gasteiger partial charge on any atom is 0.281 e. The fourth-order valence-corrected chi connectivity index (χ4v) is 3.31. The highest BCUT2D eigenvalue weighted by atomic mass is 32.2. The van der Waals surface area contributed by atoms with Crippen molar-refractivity contribution in [1.29, 1.82) is 0 Å². The van der Waals surface area contributed by atoms with Crippen LogP contribution in [-0.2, 0) is 11.3 Å². The molecule has 3 rings (SSSR count). The fraction of sp³-hybridized carbons (Fsp3) is 0.312. The normalized spacial score (nSPS) is 14.5. The number of nitrogens with zero attached hydrogens (tertiary/aromatic N) is 2. The lowest BCUT2D eigenvalue weighted by atomic mass is 10.1. The van der Waals surface area contributed by atoms with Crippen molar-refractivity contribution in [2.45, 2.75) is 13.0 Å².